The number of pyridine rings is 2. The van der Waals surface area contributed by atoms with E-state index in [1.807, 2.05) is 6.07 Å². The number of carbonyl (C=O) groups is 1. The van der Waals surface area contributed by atoms with Crippen molar-refractivity contribution in [1.29, 1.82) is 0 Å². The molecule has 1 fully saturated rings. The predicted octanol–water partition coefficient (Wildman–Crippen LogP) is 2.79. The van der Waals surface area contributed by atoms with Gasteiger partial charge < -0.3 is 22.1 Å². The van der Waals surface area contributed by atoms with Crippen molar-refractivity contribution in [3.63, 3.8) is 0 Å². The molecule has 168 valence electrons. The average molecular weight is 437 g/mol. The normalized spacial score (nSPS) is 18.2. The van der Waals surface area contributed by atoms with Gasteiger partial charge in [0.2, 0.25) is 0 Å². The summed E-state index contributed by atoms with van der Waals surface area (Å²) in [6.45, 7) is 1.31. The minimum Gasteiger partial charge on any atom is -0.397 e. The standard InChI is InChI=1S/C23H25FN6O.CH4/c24-18-4-2-1-3-17(18)20-6-5-19(27)23(29-20)22(31)9-14-11-28-8-7-21(14)30-12-15(25)10-16(26)13-30;/h1-8,11,15-16H,9-10,12-13,25-27H2;1H4/t15-,16+;. The quantitative estimate of drug-likeness (QED) is 0.525. The summed E-state index contributed by atoms with van der Waals surface area (Å²) >= 11 is 0. The second-order valence-electron chi connectivity index (χ2n) is 7.88. The molecule has 1 aromatic carbocycles. The van der Waals surface area contributed by atoms with E-state index in [0.717, 1.165) is 17.7 Å². The molecule has 6 N–H and O–H groups in total. The van der Waals surface area contributed by atoms with Gasteiger partial charge in [0.15, 0.2) is 5.78 Å². The van der Waals surface area contributed by atoms with E-state index in [9.17, 15) is 9.18 Å². The van der Waals surface area contributed by atoms with Gasteiger partial charge in [-0.2, -0.15) is 0 Å². The summed E-state index contributed by atoms with van der Waals surface area (Å²) in [4.78, 5) is 23.8. The van der Waals surface area contributed by atoms with Crippen molar-refractivity contribution in [2.75, 3.05) is 23.7 Å². The number of anilines is 2. The summed E-state index contributed by atoms with van der Waals surface area (Å²) in [6, 6.07) is 11.3. The number of ketones is 1. The Bertz CT molecular complexity index is 1100. The summed E-state index contributed by atoms with van der Waals surface area (Å²) in [5, 5.41) is 0. The van der Waals surface area contributed by atoms with E-state index in [1.165, 1.54) is 6.07 Å². The number of carbonyl (C=O) groups excluding carboxylic acids is 1. The second-order valence-corrected chi connectivity index (χ2v) is 7.88. The van der Waals surface area contributed by atoms with E-state index in [2.05, 4.69) is 14.9 Å². The molecule has 0 bridgehead atoms. The highest BCUT2D eigenvalue weighted by Gasteiger charge is 2.25. The fourth-order valence-corrected chi connectivity index (χ4v) is 4.01. The van der Waals surface area contributed by atoms with Gasteiger partial charge in [0, 0.05) is 60.8 Å². The molecular weight excluding hydrogens is 407 g/mol. The number of halogens is 1. The number of hydrogen-bond donors (Lipinski definition) is 3. The SMILES string of the molecule is C.Nc1ccc(-c2ccccc2F)nc1C(=O)Cc1cnccc1N1C[C@H](N)C[C@H](N)C1. The Morgan fingerprint density at radius 2 is 1.81 bits per heavy atom. The third-order valence-corrected chi connectivity index (χ3v) is 5.43. The largest absolute Gasteiger partial charge is 0.397 e. The summed E-state index contributed by atoms with van der Waals surface area (Å²) in [7, 11) is 0. The first kappa shape index (κ1) is 23.3. The van der Waals surface area contributed by atoms with E-state index in [4.69, 9.17) is 17.2 Å². The van der Waals surface area contributed by atoms with Crippen LogP contribution in [0.1, 0.15) is 29.9 Å². The molecule has 0 amide bonds. The smallest absolute Gasteiger partial charge is 0.187 e. The van der Waals surface area contributed by atoms with Crippen LogP contribution < -0.4 is 22.1 Å². The van der Waals surface area contributed by atoms with Gasteiger partial charge in [0.05, 0.1) is 11.4 Å². The molecule has 0 radical (unpaired) electrons. The molecular formula is C24H29FN6O. The van der Waals surface area contributed by atoms with Crippen LogP contribution in [0.2, 0.25) is 0 Å². The molecule has 0 unspecified atom stereocenters. The fraction of sp³-hybridized carbons (Fsp3) is 0.292. The lowest BCUT2D eigenvalue weighted by Gasteiger charge is -2.37. The third-order valence-electron chi connectivity index (χ3n) is 5.43. The zero-order chi connectivity index (χ0) is 22.0. The number of aromatic nitrogens is 2. The summed E-state index contributed by atoms with van der Waals surface area (Å²) in [5.74, 6) is -0.680. The maximum Gasteiger partial charge on any atom is 0.187 e. The molecule has 4 rings (SSSR count). The number of benzene rings is 1. The van der Waals surface area contributed by atoms with Crippen molar-refractivity contribution in [3.8, 4) is 11.3 Å². The lowest BCUT2D eigenvalue weighted by molar-refractivity contribution is 0.0989. The van der Waals surface area contributed by atoms with Crippen LogP contribution in [0.25, 0.3) is 11.3 Å². The topological polar surface area (TPSA) is 124 Å². The molecule has 3 aromatic rings. The van der Waals surface area contributed by atoms with E-state index in [1.54, 1.807) is 42.7 Å². The molecule has 3 heterocycles. The third kappa shape index (κ3) is 4.92. The molecule has 1 aliphatic heterocycles. The monoisotopic (exact) mass is 436 g/mol. The first-order valence-electron chi connectivity index (χ1n) is 10.2. The van der Waals surface area contributed by atoms with Crippen LogP contribution in [0.5, 0.6) is 0 Å². The Labute approximate surface area is 187 Å². The Morgan fingerprint density at radius 1 is 1.09 bits per heavy atom. The van der Waals surface area contributed by atoms with E-state index < -0.39 is 5.82 Å². The molecule has 0 aliphatic carbocycles. The van der Waals surface area contributed by atoms with Crippen LogP contribution in [-0.4, -0.2) is 40.9 Å². The van der Waals surface area contributed by atoms with Crippen molar-refractivity contribution in [2.24, 2.45) is 11.5 Å². The second kappa shape index (κ2) is 9.84. The van der Waals surface area contributed by atoms with Crippen molar-refractivity contribution in [3.05, 3.63) is 71.9 Å². The number of Topliss-reactive ketones (excluding diaryl/α,β-unsaturated/α-hetero) is 1. The van der Waals surface area contributed by atoms with Crippen molar-refractivity contribution < 1.29 is 9.18 Å². The zero-order valence-electron chi connectivity index (χ0n) is 17.0. The fourth-order valence-electron chi connectivity index (χ4n) is 4.01. The first-order valence-corrected chi connectivity index (χ1v) is 10.2. The van der Waals surface area contributed by atoms with Crippen LogP contribution >= 0.6 is 0 Å². The van der Waals surface area contributed by atoms with Crippen LogP contribution in [0.3, 0.4) is 0 Å². The number of nitrogen functional groups attached to an aromatic ring is 1. The van der Waals surface area contributed by atoms with Gasteiger partial charge in [-0.3, -0.25) is 9.78 Å². The molecule has 0 spiro atoms. The minimum absolute atomic E-state index is 0. The molecule has 1 aliphatic rings. The van der Waals surface area contributed by atoms with Gasteiger partial charge in [-0.1, -0.05) is 19.6 Å². The van der Waals surface area contributed by atoms with Crippen molar-refractivity contribution >= 4 is 17.2 Å². The highest BCUT2D eigenvalue weighted by molar-refractivity contribution is 6.01. The predicted molar refractivity (Wildman–Crippen MR) is 126 cm³/mol. The van der Waals surface area contributed by atoms with Gasteiger partial charge in [0.25, 0.3) is 0 Å². The van der Waals surface area contributed by atoms with Crippen LogP contribution in [0, 0.1) is 5.82 Å². The maximum absolute atomic E-state index is 14.2. The Morgan fingerprint density at radius 3 is 2.53 bits per heavy atom. The van der Waals surface area contributed by atoms with Crippen LogP contribution in [0.4, 0.5) is 15.8 Å². The minimum atomic E-state index is -0.412. The number of rotatable bonds is 5. The van der Waals surface area contributed by atoms with Crippen LogP contribution in [0.15, 0.2) is 54.9 Å². The van der Waals surface area contributed by atoms with Crippen molar-refractivity contribution in [2.45, 2.75) is 32.4 Å². The summed E-state index contributed by atoms with van der Waals surface area (Å²) < 4.78 is 14.2. The molecule has 8 heteroatoms. The number of piperidine rings is 1. The van der Waals surface area contributed by atoms with Gasteiger partial charge in [0.1, 0.15) is 11.5 Å². The Balaban J connectivity index is 0.00000289. The Kier molecular flexibility index (Phi) is 7.17. The number of nitrogens with two attached hydrogens (primary N) is 3. The maximum atomic E-state index is 14.2. The van der Waals surface area contributed by atoms with E-state index in [-0.39, 0.29) is 43.1 Å². The van der Waals surface area contributed by atoms with Crippen molar-refractivity contribution in [1.82, 2.24) is 9.97 Å². The number of nitrogens with zero attached hydrogens (tertiary/aromatic N) is 3. The van der Waals surface area contributed by atoms with Gasteiger partial charge in [-0.15, -0.1) is 0 Å². The lowest BCUT2D eigenvalue weighted by atomic mass is 9.99. The summed E-state index contributed by atoms with van der Waals surface area (Å²) in [6.07, 6.45) is 4.16. The first-order chi connectivity index (χ1) is 14.9. The average Bonchev–Trinajstić information content (AvgIpc) is 2.74. The molecule has 32 heavy (non-hydrogen) atoms. The van der Waals surface area contributed by atoms with E-state index >= 15 is 0 Å². The molecule has 1 saturated heterocycles. The summed E-state index contributed by atoms with van der Waals surface area (Å²) in [5.41, 5.74) is 21.0. The zero-order valence-corrected chi connectivity index (χ0v) is 17.0. The molecule has 0 saturated carbocycles. The van der Waals surface area contributed by atoms with Crippen LogP contribution in [-0.2, 0) is 6.42 Å². The van der Waals surface area contributed by atoms with E-state index in [0.29, 0.717) is 24.3 Å². The Hall–Kier alpha value is -3.36. The van der Waals surface area contributed by atoms with Gasteiger partial charge in [-0.05, 0) is 36.8 Å². The molecule has 2 atom stereocenters. The highest BCUT2D eigenvalue weighted by atomic mass is 19.1. The van der Waals surface area contributed by atoms with Gasteiger partial charge in [-0.25, -0.2) is 9.37 Å². The lowest BCUT2D eigenvalue weighted by Crippen LogP contribution is -2.52. The highest BCUT2D eigenvalue weighted by Crippen LogP contribution is 2.27. The molecule has 2 aromatic heterocycles. The molecule has 7 nitrogen and oxygen atoms in total. The number of hydrogen-bond acceptors (Lipinski definition) is 7. The van der Waals surface area contributed by atoms with Gasteiger partial charge >= 0.3 is 0 Å².